The van der Waals surface area contributed by atoms with Gasteiger partial charge < -0.3 is 21.1 Å². The molecular weight excluding hydrogens is 402 g/mol. The summed E-state index contributed by atoms with van der Waals surface area (Å²) in [6, 6.07) is 6.01. The van der Waals surface area contributed by atoms with Crippen LogP contribution in [0.2, 0.25) is 0 Å². The summed E-state index contributed by atoms with van der Waals surface area (Å²) < 4.78 is 7.59. The molecule has 8 nitrogen and oxygen atoms in total. The van der Waals surface area contributed by atoms with E-state index in [1.165, 1.54) is 0 Å². The maximum Gasteiger partial charge on any atom is 0.205 e. The van der Waals surface area contributed by atoms with E-state index in [1.54, 1.807) is 18.0 Å². The van der Waals surface area contributed by atoms with Crippen LogP contribution in [0, 0.1) is 12.3 Å². The van der Waals surface area contributed by atoms with Crippen LogP contribution in [-0.2, 0) is 7.05 Å². The number of aryl methyl sites for hydroxylation is 2. The average molecular weight is 434 g/mol. The number of aliphatic imine (C=N–C) groups is 1. The molecule has 0 aliphatic carbocycles. The maximum atomic E-state index is 6.68. The molecule has 32 heavy (non-hydrogen) atoms. The van der Waals surface area contributed by atoms with E-state index >= 15 is 0 Å². The molecular formula is C24H31N7O. The highest BCUT2D eigenvalue weighted by molar-refractivity contribution is 6.02. The summed E-state index contributed by atoms with van der Waals surface area (Å²) in [6.45, 7) is 9.31. The molecule has 0 saturated heterocycles. The number of hydrogen-bond acceptors (Lipinski definition) is 7. The van der Waals surface area contributed by atoms with Crippen LogP contribution in [0.1, 0.15) is 26.5 Å². The van der Waals surface area contributed by atoms with E-state index in [1.807, 2.05) is 55.5 Å². The SMILES string of the molecule is COc1cc(-c2cn(C)nc2C)ccc1N1C(N)=NC=C2C=CN(CC(C)(C)C)C(N)=C21. The van der Waals surface area contributed by atoms with Crippen molar-refractivity contribution in [1.29, 1.82) is 0 Å². The number of hydrogen-bond donors (Lipinski definition) is 2. The number of anilines is 1. The number of fused-ring (bicyclic) bond motifs is 1. The van der Waals surface area contributed by atoms with Crippen molar-refractivity contribution in [3.05, 3.63) is 65.7 Å². The minimum Gasteiger partial charge on any atom is -0.495 e. The first-order valence-corrected chi connectivity index (χ1v) is 10.6. The summed E-state index contributed by atoms with van der Waals surface area (Å²) in [7, 11) is 3.56. The lowest BCUT2D eigenvalue weighted by molar-refractivity contribution is 0.285. The number of benzene rings is 1. The van der Waals surface area contributed by atoms with Crippen LogP contribution < -0.4 is 21.1 Å². The van der Waals surface area contributed by atoms with E-state index in [0.29, 0.717) is 17.5 Å². The third-order valence-corrected chi connectivity index (χ3v) is 5.44. The Morgan fingerprint density at radius 2 is 1.91 bits per heavy atom. The van der Waals surface area contributed by atoms with Gasteiger partial charge >= 0.3 is 0 Å². The maximum absolute atomic E-state index is 6.68. The Hall–Kier alpha value is -3.68. The van der Waals surface area contributed by atoms with Gasteiger partial charge in [-0.05, 0) is 36.1 Å². The Kier molecular flexibility index (Phi) is 5.24. The monoisotopic (exact) mass is 433 g/mol. The highest BCUT2D eigenvalue weighted by Crippen LogP contribution is 2.40. The first-order valence-electron chi connectivity index (χ1n) is 10.6. The third kappa shape index (κ3) is 3.84. The van der Waals surface area contributed by atoms with Gasteiger partial charge in [-0.2, -0.15) is 5.10 Å². The summed E-state index contributed by atoms with van der Waals surface area (Å²) in [6.07, 6.45) is 7.76. The standard InChI is InChI=1S/C24H31N7O/c1-15-18(13-29(5)28-15)16-7-8-19(20(11-16)32-6)31-21-17(12-27-23(31)26)9-10-30(22(21)25)14-24(2,3)4/h7-13H,14,25H2,1-6H3,(H2,26,27). The predicted molar refractivity (Wildman–Crippen MR) is 129 cm³/mol. The number of rotatable bonds is 4. The zero-order valence-corrected chi connectivity index (χ0v) is 19.5. The minimum absolute atomic E-state index is 0.0663. The minimum atomic E-state index is 0.0663. The van der Waals surface area contributed by atoms with Crippen LogP contribution in [0.3, 0.4) is 0 Å². The van der Waals surface area contributed by atoms with Gasteiger partial charge in [0.25, 0.3) is 0 Å². The van der Waals surface area contributed by atoms with Crippen molar-refractivity contribution in [2.75, 3.05) is 18.6 Å². The Morgan fingerprint density at radius 3 is 2.53 bits per heavy atom. The van der Waals surface area contributed by atoms with Gasteiger partial charge in [-0.25, -0.2) is 4.99 Å². The van der Waals surface area contributed by atoms with Gasteiger partial charge in [-0.15, -0.1) is 0 Å². The van der Waals surface area contributed by atoms with Gasteiger partial charge in [0.05, 0.1) is 24.2 Å². The molecule has 0 saturated carbocycles. The van der Waals surface area contributed by atoms with E-state index in [0.717, 1.165) is 40.3 Å². The van der Waals surface area contributed by atoms with Gasteiger partial charge in [-0.1, -0.05) is 26.8 Å². The molecule has 0 fully saturated rings. The summed E-state index contributed by atoms with van der Waals surface area (Å²) in [5.41, 5.74) is 18.6. The lowest BCUT2D eigenvalue weighted by atomic mass is 9.95. The van der Waals surface area contributed by atoms with Crippen molar-refractivity contribution < 1.29 is 4.74 Å². The van der Waals surface area contributed by atoms with Crippen molar-refractivity contribution in [2.45, 2.75) is 27.7 Å². The Balaban J connectivity index is 1.81. The molecule has 168 valence electrons. The molecule has 3 heterocycles. The Morgan fingerprint density at radius 1 is 1.16 bits per heavy atom. The highest BCUT2D eigenvalue weighted by Gasteiger charge is 2.31. The topological polar surface area (TPSA) is 97.9 Å². The van der Waals surface area contributed by atoms with E-state index in [9.17, 15) is 0 Å². The Labute approximate surface area is 189 Å². The van der Waals surface area contributed by atoms with Gasteiger partial charge in [0, 0.05) is 43.3 Å². The van der Waals surface area contributed by atoms with Gasteiger partial charge in [0.1, 0.15) is 11.6 Å². The van der Waals surface area contributed by atoms with Crippen LogP contribution in [0.25, 0.3) is 11.1 Å². The third-order valence-electron chi connectivity index (χ3n) is 5.44. The molecule has 0 atom stereocenters. The van der Waals surface area contributed by atoms with E-state index in [2.05, 4.69) is 35.8 Å². The van der Waals surface area contributed by atoms with Crippen LogP contribution in [0.5, 0.6) is 5.75 Å². The molecule has 1 aromatic carbocycles. The molecule has 4 rings (SSSR count). The number of nitrogens with zero attached hydrogens (tertiary/aromatic N) is 5. The zero-order chi connectivity index (χ0) is 23.2. The molecule has 4 N–H and O–H groups in total. The summed E-state index contributed by atoms with van der Waals surface area (Å²) in [5, 5.41) is 4.45. The number of ether oxygens (including phenoxy) is 1. The number of guanidine groups is 1. The second-order valence-corrected chi connectivity index (χ2v) is 9.33. The molecule has 8 heteroatoms. The molecule has 0 spiro atoms. The van der Waals surface area contributed by atoms with Gasteiger partial charge in [-0.3, -0.25) is 9.58 Å². The summed E-state index contributed by atoms with van der Waals surface area (Å²) >= 11 is 0. The smallest absolute Gasteiger partial charge is 0.205 e. The van der Waals surface area contributed by atoms with Crippen molar-refractivity contribution in [2.24, 2.45) is 28.9 Å². The normalized spacial score (nSPS) is 16.2. The molecule has 2 aromatic rings. The molecule has 0 bridgehead atoms. The van der Waals surface area contributed by atoms with Crippen molar-refractivity contribution in [3.63, 3.8) is 0 Å². The fourth-order valence-electron chi connectivity index (χ4n) is 4.07. The first-order chi connectivity index (χ1) is 15.1. The van der Waals surface area contributed by atoms with Crippen LogP contribution in [0.15, 0.2) is 65.0 Å². The lowest BCUT2D eigenvalue weighted by Gasteiger charge is -2.38. The molecule has 1 aromatic heterocycles. The zero-order valence-electron chi connectivity index (χ0n) is 19.5. The number of aromatic nitrogens is 2. The van der Waals surface area contributed by atoms with Gasteiger partial charge in [0.2, 0.25) is 5.96 Å². The largest absolute Gasteiger partial charge is 0.495 e. The summed E-state index contributed by atoms with van der Waals surface area (Å²) in [5.74, 6) is 1.63. The fourth-order valence-corrected chi connectivity index (χ4v) is 4.07. The summed E-state index contributed by atoms with van der Waals surface area (Å²) in [4.78, 5) is 8.33. The molecule has 2 aliphatic rings. The molecule has 0 amide bonds. The Bertz CT molecular complexity index is 1180. The first kappa shape index (κ1) is 21.5. The van der Waals surface area contributed by atoms with Crippen molar-refractivity contribution >= 4 is 11.6 Å². The van der Waals surface area contributed by atoms with Crippen LogP contribution >= 0.6 is 0 Å². The molecule has 0 radical (unpaired) electrons. The van der Waals surface area contributed by atoms with E-state index in [-0.39, 0.29) is 5.41 Å². The second-order valence-electron chi connectivity index (χ2n) is 9.33. The predicted octanol–water partition coefficient (Wildman–Crippen LogP) is 3.43. The van der Waals surface area contributed by atoms with Crippen LogP contribution in [0.4, 0.5) is 5.69 Å². The van der Waals surface area contributed by atoms with E-state index < -0.39 is 0 Å². The number of allylic oxidation sites excluding steroid dienone is 1. The van der Waals surface area contributed by atoms with Gasteiger partial charge in [0.15, 0.2) is 0 Å². The van der Waals surface area contributed by atoms with E-state index in [4.69, 9.17) is 16.2 Å². The number of methoxy groups -OCH3 is 1. The van der Waals surface area contributed by atoms with Crippen molar-refractivity contribution in [1.82, 2.24) is 14.7 Å². The molecule has 2 aliphatic heterocycles. The number of nitrogens with two attached hydrogens (primary N) is 2. The lowest BCUT2D eigenvalue weighted by Crippen LogP contribution is -2.44. The second kappa shape index (κ2) is 7.78. The van der Waals surface area contributed by atoms with Crippen molar-refractivity contribution in [3.8, 4) is 16.9 Å². The molecule has 0 unspecified atom stereocenters. The highest BCUT2D eigenvalue weighted by atomic mass is 16.5. The van der Waals surface area contributed by atoms with Crippen LogP contribution in [-0.4, -0.2) is 34.3 Å². The quantitative estimate of drug-likeness (QED) is 0.767. The fraction of sp³-hybridized carbons (Fsp3) is 0.333. The average Bonchev–Trinajstić information content (AvgIpc) is 3.07.